The van der Waals surface area contributed by atoms with Gasteiger partial charge in [0.25, 0.3) is 0 Å². The summed E-state index contributed by atoms with van der Waals surface area (Å²) < 4.78 is 0. The highest BCUT2D eigenvalue weighted by Crippen LogP contribution is 2.60. The van der Waals surface area contributed by atoms with Crippen LogP contribution in [0.5, 0.6) is 0 Å². The molecular weight excluding hydrogens is 164 g/mol. The Bertz CT molecular complexity index is 294. The zero-order chi connectivity index (χ0) is 9.05. The SMILES string of the molecule is OCC12C=CC(O)C1C1C=CC2C1. The van der Waals surface area contributed by atoms with E-state index >= 15 is 0 Å². The van der Waals surface area contributed by atoms with Gasteiger partial charge < -0.3 is 10.2 Å². The summed E-state index contributed by atoms with van der Waals surface area (Å²) in [5.74, 6) is 1.19. The average molecular weight is 178 g/mol. The molecule has 3 rings (SSSR count). The molecule has 0 radical (unpaired) electrons. The van der Waals surface area contributed by atoms with Crippen LogP contribution in [-0.4, -0.2) is 22.9 Å². The highest BCUT2D eigenvalue weighted by Gasteiger charge is 2.58. The molecule has 2 nitrogen and oxygen atoms in total. The van der Waals surface area contributed by atoms with Crippen LogP contribution in [0.15, 0.2) is 24.3 Å². The van der Waals surface area contributed by atoms with Crippen LogP contribution in [0, 0.1) is 23.2 Å². The van der Waals surface area contributed by atoms with Crippen molar-refractivity contribution in [3.63, 3.8) is 0 Å². The van der Waals surface area contributed by atoms with E-state index in [9.17, 15) is 10.2 Å². The first-order valence-corrected chi connectivity index (χ1v) is 4.94. The molecule has 0 aliphatic heterocycles. The highest BCUT2D eigenvalue weighted by atomic mass is 16.3. The third-order valence-electron chi connectivity index (χ3n) is 4.13. The van der Waals surface area contributed by atoms with E-state index in [0.29, 0.717) is 11.8 Å². The van der Waals surface area contributed by atoms with Gasteiger partial charge in [-0.25, -0.2) is 0 Å². The van der Waals surface area contributed by atoms with Gasteiger partial charge in [-0.15, -0.1) is 0 Å². The molecule has 0 aromatic carbocycles. The number of fused-ring (bicyclic) bond motifs is 5. The summed E-state index contributed by atoms with van der Waals surface area (Å²) in [6.45, 7) is 0.177. The molecule has 0 aromatic heterocycles. The van der Waals surface area contributed by atoms with Crippen molar-refractivity contribution in [2.24, 2.45) is 23.2 Å². The molecule has 3 aliphatic carbocycles. The second kappa shape index (κ2) is 2.25. The van der Waals surface area contributed by atoms with Gasteiger partial charge in [-0.1, -0.05) is 24.3 Å². The van der Waals surface area contributed by atoms with E-state index in [-0.39, 0.29) is 24.0 Å². The number of aliphatic hydroxyl groups is 2. The lowest BCUT2D eigenvalue weighted by atomic mass is 9.71. The predicted octanol–water partition coefficient (Wildman–Crippen LogP) is 0.718. The Balaban J connectivity index is 2.08. The molecule has 5 unspecified atom stereocenters. The Morgan fingerprint density at radius 1 is 1.31 bits per heavy atom. The number of hydrogen-bond acceptors (Lipinski definition) is 2. The second-order valence-electron chi connectivity index (χ2n) is 4.54. The van der Waals surface area contributed by atoms with Gasteiger partial charge in [-0.2, -0.15) is 0 Å². The van der Waals surface area contributed by atoms with Crippen LogP contribution >= 0.6 is 0 Å². The van der Waals surface area contributed by atoms with Gasteiger partial charge in [0.15, 0.2) is 0 Å². The molecule has 0 amide bonds. The minimum atomic E-state index is -0.341. The maximum atomic E-state index is 9.79. The van der Waals surface area contributed by atoms with Gasteiger partial charge in [0, 0.05) is 11.3 Å². The largest absolute Gasteiger partial charge is 0.395 e. The number of allylic oxidation sites excluding steroid dienone is 2. The second-order valence-corrected chi connectivity index (χ2v) is 4.54. The molecule has 2 heteroatoms. The maximum Gasteiger partial charge on any atom is 0.0764 e. The molecule has 2 bridgehead atoms. The lowest BCUT2D eigenvalue weighted by molar-refractivity contribution is 0.0430. The quantitative estimate of drug-likeness (QED) is 0.581. The smallest absolute Gasteiger partial charge is 0.0764 e. The summed E-state index contributed by atoms with van der Waals surface area (Å²) in [5.41, 5.74) is -0.126. The van der Waals surface area contributed by atoms with Gasteiger partial charge in [0.2, 0.25) is 0 Å². The molecule has 0 heterocycles. The normalized spacial score (nSPS) is 56.2. The van der Waals surface area contributed by atoms with Gasteiger partial charge in [0.05, 0.1) is 12.7 Å². The van der Waals surface area contributed by atoms with Crippen LogP contribution < -0.4 is 0 Å². The Hall–Kier alpha value is -0.600. The van der Waals surface area contributed by atoms with E-state index < -0.39 is 0 Å². The lowest BCUT2D eigenvalue weighted by Crippen LogP contribution is -2.37. The molecular formula is C11H14O2. The van der Waals surface area contributed by atoms with Crippen molar-refractivity contribution < 1.29 is 10.2 Å². The van der Waals surface area contributed by atoms with Crippen molar-refractivity contribution >= 4 is 0 Å². The molecule has 1 saturated carbocycles. The van der Waals surface area contributed by atoms with Gasteiger partial charge in [-0.3, -0.25) is 0 Å². The Morgan fingerprint density at radius 2 is 2.15 bits per heavy atom. The molecule has 13 heavy (non-hydrogen) atoms. The highest BCUT2D eigenvalue weighted by molar-refractivity contribution is 5.31. The van der Waals surface area contributed by atoms with E-state index in [1.165, 1.54) is 0 Å². The zero-order valence-electron chi connectivity index (χ0n) is 7.43. The van der Waals surface area contributed by atoms with Crippen LogP contribution in [0.1, 0.15) is 6.42 Å². The van der Waals surface area contributed by atoms with Crippen molar-refractivity contribution in [2.75, 3.05) is 6.61 Å². The fourth-order valence-corrected chi connectivity index (χ4v) is 3.52. The topological polar surface area (TPSA) is 40.5 Å². The Kier molecular flexibility index (Phi) is 1.35. The minimum absolute atomic E-state index is 0.126. The average Bonchev–Trinajstić information content (AvgIpc) is 2.77. The third-order valence-corrected chi connectivity index (χ3v) is 4.13. The Morgan fingerprint density at radius 3 is 2.85 bits per heavy atom. The molecule has 0 aromatic rings. The molecule has 5 atom stereocenters. The molecule has 3 aliphatic rings. The van der Waals surface area contributed by atoms with Gasteiger partial charge >= 0.3 is 0 Å². The summed E-state index contributed by atoms with van der Waals surface area (Å²) in [6.07, 6.45) is 9.09. The maximum absolute atomic E-state index is 9.79. The Labute approximate surface area is 77.6 Å². The fraction of sp³-hybridized carbons (Fsp3) is 0.636. The fourth-order valence-electron chi connectivity index (χ4n) is 3.52. The standard InChI is InChI=1S/C11H14O2/c12-6-11-4-3-9(13)10(11)7-1-2-8(11)5-7/h1-4,7-10,12-13H,5-6H2. The monoisotopic (exact) mass is 178 g/mol. The van der Waals surface area contributed by atoms with Crippen molar-refractivity contribution in [2.45, 2.75) is 12.5 Å². The van der Waals surface area contributed by atoms with Crippen molar-refractivity contribution in [3.8, 4) is 0 Å². The molecule has 70 valence electrons. The van der Waals surface area contributed by atoms with E-state index in [1.54, 1.807) is 0 Å². The first-order chi connectivity index (χ1) is 6.28. The lowest BCUT2D eigenvalue weighted by Gasteiger charge is -2.35. The van der Waals surface area contributed by atoms with Gasteiger partial charge in [-0.05, 0) is 18.3 Å². The van der Waals surface area contributed by atoms with Crippen molar-refractivity contribution in [3.05, 3.63) is 24.3 Å². The van der Waals surface area contributed by atoms with Crippen molar-refractivity contribution in [1.29, 1.82) is 0 Å². The van der Waals surface area contributed by atoms with Crippen molar-refractivity contribution in [1.82, 2.24) is 0 Å². The number of aliphatic hydroxyl groups excluding tert-OH is 2. The summed E-state index contributed by atoms with van der Waals surface area (Å²) in [4.78, 5) is 0. The molecule has 2 N–H and O–H groups in total. The first-order valence-electron chi connectivity index (χ1n) is 4.94. The first kappa shape index (κ1) is 7.77. The van der Waals surface area contributed by atoms with E-state index in [1.807, 2.05) is 12.2 Å². The molecule has 1 fully saturated rings. The molecule has 0 spiro atoms. The predicted molar refractivity (Wildman–Crippen MR) is 48.9 cm³/mol. The van der Waals surface area contributed by atoms with Crippen LogP contribution in [0.25, 0.3) is 0 Å². The molecule has 0 saturated heterocycles. The summed E-state index contributed by atoms with van der Waals surface area (Å²) in [7, 11) is 0. The summed E-state index contributed by atoms with van der Waals surface area (Å²) >= 11 is 0. The number of rotatable bonds is 1. The van der Waals surface area contributed by atoms with Crippen LogP contribution in [0.3, 0.4) is 0 Å². The summed E-state index contributed by atoms with van der Waals surface area (Å²) in [5, 5.41) is 19.3. The third kappa shape index (κ3) is 0.720. The number of hydrogen-bond donors (Lipinski definition) is 2. The van der Waals surface area contributed by atoms with Crippen LogP contribution in [0.2, 0.25) is 0 Å². The zero-order valence-corrected chi connectivity index (χ0v) is 7.43. The van der Waals surface area contributed by atoms with E-state index in [0.717, 1.165) is 6.42 Å². The van der Waals surface area contributed by atoms with Crippen LogP contribution in [-0.2, 0) is 0 Å². The minimum Gasteiger partial charge on any atom is -0.395 e. The van der Waals surface area contributed by atoms with E-state index in [2.05, 4.69) is 12.2 Å². The van der Waals surface area contributed by atoms with Crippen LogP contribution in [0.4, 0.5) is 0 Å². The van der Waals surface area contributed by atoms with Gasteiger partial charge in [0.1, 0.15) is 0 Å². The summed E-state index contributed by atoms with van der Waals surface area (Å²) in [6, 6.07) is 0. The van der Waals surface area contributed by atoms with E-state index in [4.69, 9.17) is 0 Å².